The van der Waals surface area contributed by atoms with Gasteiger partial charge in [-0.1, -0.05) is 36.8 Å². The van der Waals surface area contributed by atoms with Gasteiger partial charge >= 0.3 is 0 Å². The average molecular weight is 178 g/mol. The lowest BCUT2D eigenvalue weighted by Crippen LogP contribution is -1.95. The smallest absolute Gasteiger partial charge is 0.0431 e. The fraction of sp³-hybridized carbons (Fsp3) is 0.500. The van der Waals surface area contributed by atoms with Crippen molar-refractivity contribution in [1.29, 1.82) is 0 Å². The van der Waals surface area contributed by atoms with Crippen LogP contribution in [0.3, 0.4) is 0 Å². The fourth-order valence-electron chi connectivity index (χ4n) is 1.46. The van der Waals surface area contributed by atoms with Crippen LogP contribution < -0.4 is 0 Å². The highest BCUT2D eigenvalue weighted by atomic mass is 16.2. The van der Waals surface area contributed by atoms with E-state index in [0.717, 1.165) is 12.8 Å². The first-order chi connectivity index (χ1) is 6.24. The van der Waals surface area contributed by atoms with E-state index in [-0.39, 0.29) is 0 Å². The third kappa shape index (κ3) is 3.19. The van der Waals surface area contributed by atoms with E-state index in [1.165, 1.54) is 11.1 Å². The van der Waals surface area contributed by atoms with Gasteiger partial charge in [-0.3, -0.25) is 0 Å². The van der Waals surface area contributed by atoms with Crippen LogP contribution in [-0.4, -0.2) is 11.7 Å². The van der Waals surface area contributed by atoms with Crippen LogP contribution in [0.15, 0.2) is 24.3 Å². The topological polar surface area (TPSA) is 20.2 Å². The number of aliphatic hydroxyl groups is 1. The number of aryl methyl sites for hydroxylation is 1. The molecule has 0 amide bonds. The van der Waals surface area contributed by atoms with Crippen molar-refractivity contribution >= 4 is 0 Å². The summed E-state index contributed by atoms with van der Waals surface area (Å²) in [5.41, 5.74) is 2.68. The Balaban J connectivity index is 2.55. The minimum Gasteiger partial charge on any atom is -0.396 e. The molecule has 1 aromatic carbocycles. The molecule has 0 bridgehead atoms. The van der Waals surface area contributed by atoms with Crippen LogP contribution in [0.5, 0.6) is 0 Å². The van der Waals surface area contributed by atoms with Gasteiger partial charge in [0.25, 0.3) is 0 Å². The summed E-state index contributed by atoms with van der Waals surface area (Å²) in [6.07, 6.45) is 1.97. The average Bonchev–Trinajstić information content (AvgIpc) is 2.15. The number of rotatable bonds is 4. The minimum atomic E-state index is 0.302. The molecular formula is C12H18O. The molecule has 1 atom stereocenters. The molecule has 0 heterocycles. The highest BCUT2D eigenvalue weighted by Gasteiger charge is 2.03. The SMILES string of the molecule is Cc1ccc([C@H](C)CCCO)cc1. The lowest BCUT2D eigenvalue weighted by Gasteiger charge is -2.10. The molecule has 1 heteroatoms. The van der Waals surface area contributed by atoms with E-state index in [1.54, 1.807) is 0 Å². The molecule has 0 fully saturated rings. The van der Waals surface area contributed by atoms with Crippen molar-refractivity contribution in [2.24, 2.45) is 0 Å². The monoisotopic (exact) mass is 178 g/mol. The van der Waals surface area contributed by atoms with E-state index >= 15 is 0 Å². The Morgan fingerprint density at radius 1 is 1.23 bits per heavy atom. The summed E-state index contributed by atoms with van der Waals surface area (Å²) in [7, 11) is 0. The molecule has 0 saturated carbocycles. The van der Waals surface area contributed by atoms with Crippen LogP contribution in [-0.2, 0) is 0 Å². The predicted octanol–water partition coefficient (Wildman–Crippen LogP) is 2.87. The van der Waals surface area contributed by atoms with Gasteiger partial charge in [0.1, 0.15) is 0 Å². The summed E-state index contributed by atoms with van der Waals surface area (Å²) in [4.78, 5) is 0. The first-order valence-corrected chi connectivity index (χ1v) is 4.91. The predicted molar refractivity (Wildman–Crippen MR) is 55.9 cm³/mol. The third-order valence-corrected chi connectivity index (χ3v) is 2.44. The van der Waals surface area contributed by atoms with E-state index in [9.17, 15) is 0 Å². The molecule has 1 N–H and O–H groups in total. The maximum atomic E-state index is 8.71. The Labute approximate surface area is 80.4 Å². The maximum absolute atomic E-state index is 8.71. The summed E-state index contributed by atoms with van der Waals surface area (Å²) in [5.74, 6) is 0.563. The lowest BCUT2D eigenvalue weighted by atomic mass is 9.96. The molecule has 1 aromatic rings. The maximum Gasteiger partial charge on any atom is 0.0431 e. The summed E-state index contributed by atoms with van der Waals surface area (Å²) < 4.78 is 0. The van der Waals surface area contributed by atoms with Gasteiger partial charge in [-0.05, 0) is 31.2 Å². The molecule has 0 unspecified atom stereocenters. The van der Waals surface area contributed by atoms with Crippen LogP contribution >= 0.6 is 0 Å². The molecule has 0 aliphatic rings. The second-order valence-electron chi connectivity index (χ2n) is 3.68. The number of hydrogen-bond acceptors (Lipinski definition) is 1. The third-order valence-electron chi connectivity index (χ3n) is 2.44. The zero-order valence-corrected chi connectivity index (χ0v) is 8.46. The van der Waals surface area contributed by atoms with Gasteiger partial charge < -0.3 is 5.11 Å². The van der Waals surface area contributed by atoms with Crippen LogP contribution in [0.1, 0.15) is 36.8 Å². The van der Waals surface area contributed by atoms with Crippen LogP contribution in [0.4, 0.5) is 0 Å². The zero-order chi connectivity index (χ0) is 9.68. The Morgan fingerprint density at radius 2 is 1.85 bits per heavy atom. The summed E-state index contributed by atoms with van der Waals surface area (Å²) in [6.45, 7) is 4.61. The van der Waals surface area contributed by atoms with E-state index in [4.69, 9.17) is 5.11 Å². The van der Waals surface area contributed by atoms with Gasteiger partial charge in [0.05, 0.1) is 0 Å². The van der Waals surface area contributed by atoms with Crippen LogP contribution in [0, 0.1) is 6.92 Å². The van der Waals surface area contributed by atoms with E-state index in [0.29, 0.717) is 12.5 Å². The molecule has 1 rings (SSSR count). The van der Waals surface area contributed by atoms with Crippen LogP contribution in [0.2, 0.25) is 0 Å². The lowest BCUT2D eigenvalue weighted by molar-refractivity contribution is 0.281. The summed E-state index contributed by atoms with van der Waals surface area (Å²) in [6, 6.07) is 8.64. The second-order valence-corrected chi connectivity index (χ2v) is 3.68. The number of hydrogen-bond donors (Lipinski definition) is 1. The van der Waals surface area contributed by atoms with E-state index in [2.05, 4.69) is 38.1 Å². The standard InChI is InChI=1S/C12H18O/c1-10-5-7-12(8-6-10)11(2)4-3-9-13/h5-8,11,13H,3-4,9H2,1-2H3/t11-/m1/s1. The molecular weight excluding hydrogens is 160 g/mol. The normalized spacial score (nSPS) is 12.8. The van der Waals surface area contributed by atoms with Gasteiger partial charge in [-0.15, -0.1) is 0 Å². The Morgan fingerprint density at radius 3 is 2.38 bits per heavy atom. The number of aliphatic hydroxyl groups excluding tert-OH is 1. The highest BCUT2D eigenvalue weighted by molar-refractivity contribution is 5.23. The molecule has 0 aliphatic carbocycles. The summed E-state index contributed by atoms with van der Waals surface area (Å²) in [5, 5.41) is 8.71. The minimum absolute atomic E-state index is 0.302. The first kappa shape index (κ1) is 10.3. The van der Waals surface area contributed by atoms with Gasteiger partial charge in [-0.25, -0.2) is 0 Å². The van der Waals surface area contributed by atoms with Gasteiger partial charge in [0.15, 0.2) is 0 Å². The van der Waals surface area contributed by atoms with Crippen LogP contribution in [0.25, 0.3) is 0 Å². The summed E-state index contributed by atoms with van der Waals surface area (Å²) >= 11 is 0. The van der Waals surface area contributed by atoms with E-state index in [1.807, 2.05) is 0 Å². The van der Waals surface area contributed by atoms with Gasteiger partial charge in [0.2, 0.25) is 0 Å². The van der Waals surface area contributed by atoms with Gasteiger partial charge in [0, 0.05) is 6.61 Å². The van der Waals surface area contributed by atoms with E-state index < -0.39 is 0 Å². The largest absolute Gasteiger partial charge is 0.396 e. The fourth-order valence-corrected chi connectivity index (χ4v) is 1.46. The Hall–Kier alpha value is -0.820. The van der Waals surface area contributed by atoms with Crippen molar-refractivity contribution in [3.05, 3.63) is 35.4 Å². The first-order valence-electron chi connectivity index (χ1n) is 4.91. The quantitative estimate of drug-likeness (QED) is 0.751. The molecule has 0 spiro atoms. The molecule has 13 heavy (non-hydrogen) atoms. The highest BCUT2D eigenvalue weighted by Crippen LogP contribution is 2.20. The number of benzene rings is 1. The van der Waals surface area contributed by atoms with Crippen molar-refractivity contribution < 1.29 is 5.11 Å². The molecule has 0 aromatic heterocycles. The van der Waals surface area contributed by atoms with Crippen molar-refractivity contribution in [3.8, 4) is 0 Å². The Bertz CT molecular complexity index is 238. The van der Waals surface area contributed by atoms with Gasteiger partial charge in [-0.2, -0.15) is 0 Å². The Kier molecular flexibility index (Phi) is 3.97. The molecule has 0 radical (unpaired) electrons. The second kappa shape index (κ2) is 5.03. The van der Waals surface area contributed by atoms with Crippen molar-refractivity contribution in [2.75, 3.05) is 6.61 Å². The molecule has 0 aliphatic heterocycles. The molecule has 1 nitrogen and oxygen atoms in total. The van der Waals surface area contributed by atoms with Crippen molar-refractivity contribution in [1.82, 2.24) is 0 Å². The zero-order valence-electron chi connectivity index (χ0n) is 8.46. The van der Waals surface area contributed by atoms with Crippen molar-refractivity contribution in [2.45, 2.75) is 32.6 Å². The molecule has 0 saturated heterocycles. The molecule has 72 valence electrons. The van der Waals surface area contributed by atoms with Crippen molar-refractivity contribution in [3.63, 3.8) is 0 Å².